The fourth-order valence-corrected chi connectivity index (χ4v) is 2.24. The van der Waals surface area contributed by atoms with Crippen molar-refractivity contribution in [2.45, 2.75) is 6.04 Å². The van der Waals surface area contributed by atoms with Gasteiger partial charge < -0.3 is 15.1 Å². The largest absolute Gasteiger partial charge is 0.357 e. The maximum atomic E-state index is 12.9. The molecule has 1 aromatic rings. The standard InChI is InChI=1S/C13H18FN3O/c1-15-9-12-13(18)16(2)7-8-17(12)11-5-3-10(14)4-6-11/h3-6,12,15H,7-9H2,1-2H3. The van der Waals surface area contributed by atoms with Crippen LogP contribution in [-0.4, -0.2) is 50.6 Å². The minimum absolute atomic E-state index is 0.0972. The fraction of sp³-hybridized carbons (Fsp3) is 0.462. The molecule has 0 radical (unpaired) electrons. The third-order valence-corrected chi connectivity index (χ3v) is 3.27. The molecule has 1 aliphatic rings. The second kappa shape index (κ2) is 5.35. The van der Waals surface area contributed by atoms with E-state index in [9.17, 15) is 9.18 Å². The van der Waals surface area contributed by atoms with Gasteiger partial charge in [0.15, 0.2) is 0 Å². The van der Waals surface area contributed by atoms with Crippen molar-refractivity contribution in [2.24, 2.45) is 0 Å². The molecular formula is C13H18FN3O. The van der Waals surface area contributed by atoms with Crippen molar-refractivity contribution >= 4 is 11.6 Å². The summed E-state index contributed by atoms with van der Waals surface area (Å²) < 4.78 is 12.9. The smallest absolute Gasteiger partial charge is 0.246 e. The maximum absolute atomic E-state index is 12.9. The van der Waals surface area contributed by atoms with E-state index >= 15 is 0 Å². The minimum Gasteiger partial charge on any atom is -0.357 e. The second-order valence-corrected chi connectivity index (χ2v) is 4.50. The van der Waals surface area contributed by atoms with Crippen LogP contribution in [0.15, 0.2) is 24.3 Å². The van der Waals surface area contributed by atoms with Crippen molar-refractivity contribution in [1.29, 1.82) is 0 Å². The zero-order chi connectivity index (χ0) is 13.1. The molecule has 0 aliphatic carbocycles. The van der Waals surface area contributed by atoms with Crippen LogP contribution in [0.1, 0.15) is 0 Å². The van der Waals surface area contributed by atoms with Crippen LogP contribution in [0.3, 0.4) is 0 Å². The monoisotopic (exact) mass is 251 g/mol. The Bertz CT molecular complexity index is 421. The highest BCUT2D eigenvalue weighted by atomic mass is 19.1. The first kappa shape index (κ1) is 12.8. The molecule has 1 N–H and O–H groups in total. The van der Waals surface area contributed by atoms with Crippen molar-refractivity contribution in [3.63, 3.8) is 0 Å². The van der Waals surface area contributed by atoms with Gasteiger partial charge in [-0.2, -0.15) is 0 Å². The fourth-order valence-electron chi connectivity index (χ4n) is 2.24. The Morgan fingerprint density at radius 2 is 2.00 bits per heavy atom. The number of likely N-dealkylation sites (N-methyl/N-ethyl adjacent to an activating group) is 2. The number of hydrogen-bond acceptors (Lipinski definition) is 3. The second-order valence-electron chi connectivity index (χ2n) is 4.50. The molecule has 1 aromatic carbocycles. The summed E-state index contributed by atoms with van der Waals surface area (Å²) >= 11 is 0. The van der Waals surface area contributed by atoms with Crippen molar-refractivity contribution in [1.82, 2.24) is 10.2 Å². The van der Waals surface area contributed by atoms with Gasteiger partial charge in [-0.15, -0.1) is 0 Å². The van der Waals surface area contributed by atoms with Gasteiger partial charge in [0.05, 0.1) is 0 Å². The number of amides is 1. The van der Waals surface area contributed by atoms with Crippen LogP contribution in [0.2, 0.25) is 0 Å². The quantitative estimate of drug-likeness (QED) is 0.858. The lowest BCUT2D eigenvalue weighted by Gasteiger charge is -2.40. The molecule has 1 aliphatic heterocycles. The van der Waals surface area contributed by atoms with Crippen molar-refractivity contribution in [2.75, 3.05) is 38.6 Å². The molecule has 1 saturated heterocycles. The average Bonchev–Trinajstić information content (AvgIpc) is 2.37. The van der Waals surface area contributed by atoms with Crippen molar-refractivity contribution < 1.29 is 9.18 Å². The molecule has 0 aromatic heterocycles. The normalized spacial score (nSPS) is 20.4. The number of nitrogens with one attached hydrogen (secondary N) is 1. The maximum Gasteiger partial charge on any atom is 0.246 e. The molecule has 1 amide bonds. The van der Waals surface area contributed by atoms with Gasteiger partial charge in [0.2, 0.25) is 5.91 Å². The lowest BCUT2D eigenvalue weighted by atomic mass is 10.1. The highest BCUT2D eigenvalue weighted by Crippen LogP contribution is 2.21. The molecule has 0 spiro atoms. The van der Waals surface area contributed by atoms with Gasteiger partial charge in [0.1, 0.15) is 11.9 Å². The lowest BCUT2D eigenvalue weighted by molar-refractivity contribution is -0.132. The summed E-state index contributed by atoms with van der Waals surface area (Å²) in [6, 6.07) is 6.07. The lowest BCUT2D eigenvalue weighted by Crippen LogP contribution is -2.59. The first-order valence-corrected chi connectivity index (χ1v) is 6.05. The number of halogens is 1. The van der Waals surface area contributed by atoms with Crippen LogP contribution in [0.4, 0.5) is 10.1 Å². The molecule has 5 heteroatoms. The number of anilines is 1. The van der Waals surface area contributed by atoms with Crippen LogP contribution in [-0.2, 0) is 4.79 Å². The van der Waals surface area contributed by atoms with Gasteiger partial charge >= 0.3 is 0 Å². The van der Waals surface area contributed by atoms with Crippen LogP contribution >= 0.6 is 0 Å². The van der Waals surface area contributed by atoms with E-state index in [1.807, 2.05) is 19.0 Å². The molecule has 1 unspecified atom stereocenters. The van der Waals surface area contributed by atoms with Gasteiger partial charge in [-0.1, -0.05) is 0 Å². The molecule has 18 heavy (non-hydrogen) atoms. The summed E-state index contributed by atoms with van der Waals surface area (Å²) in [6.07, 6.45) is 0. The summed E-state index contributed by atoms with van der Waals surface area (Å²) in [4.78, 5) is 15.9. The molecule has 2 rings (SSSR count). The van der Waals surface area contributed by atoms with E-state index in [4.69, 9.17) is 0 Å². The molecule has 1 heterocycles. The van der Waals surface area contributed by atoms with E-state index in [2.05, 4.69) is 5.32 Å². The summed E-state index contributed by atoms with van der Waals surface area (Å²) in [7, 11) is 3.64. The van der Waals surface area contributed by atoms with E-state index in [1.54, 1.807) is 17.0 Å². The molecule has 0 saturated carbocycles. The number of rotatable bonds is 3. The predicted molar refractivity (Wildman–Crippen MR) is 69.1 cm³/mol. The van der Waals surface area contributed by atoms with Gasteiger partial charge in [-0.05, 0) is 31.3 Å². The Morgan fingerprint density at radius 1 is 1.33 bits per heavy atom. The Balaban J connectivity index is 2.24. The number of carbonyl (C=O) groups excluding carboxylic acids is 1. The number of hydrogen-bond donors (Lipinski definition) is 1. The van der Waals surface area contributed by atoms with Crippen LogP contribution in [0.5, 0.6) is 0 Å². The van der Waals surface area contributed by atoms with Crippen LogP contribution in [0.25, 0.3) is 0 Å². The van der Waals surface area contributed by atoms with Crippen molar-refractivity contribution in [3.05, 3.63) is 30.1 Å². The number of nitrogens with zero attached hydrogens (tertiary/aromatic N) is 2. The first-order valence-electron chi connectivity index (χ1n) is 6.05. The SMILES string of the molecule is CNCC1C(=O)N(C)CCN1c1ccc(F)cc1. The van der Waals surface area contributed by atoms with E-state index in [-0.39, 0.29) is 17.8 Å². The topological polar surface area (TPSA) is 35.6 Å². The first-order chi connectivity index (χ1) is 8.63. The summed E-state index contributed by atoms with van der Waals surface area (Å²) in [5.41, 5.74) is 0.887. The molecule has 1 atom stereocenters. The van der Waals surface area contributed by atoms with Crippen molar-refractivity contribution in [3.8, 4) is 0 Å². The summed E-state index contributed by atoms with van der Waals surface area (Å²) in [5, 5.41) is 3.04. The van der Waals surface area contributed by atoms with E-state index in [0.717, 1.165) is 12.2 Å². The molecule has 4 nitrogen and oxygen atoms in total. The third kappa shape index (κ3) is 2.46. The number of piperazine rings is 1. The van der Waals surface area contributed by atoms with Gasteiger partial charge in [0.25, 0.3) is 0 Å². The minimum atomic E-state index is -0.260. The van der Waals surface area contributed by atoms with Gasteiger partial charge in [-0.25, -0.2) is 4.39 Å². The van der Waals surface area contributed by atoms with E-state index < -0.39 is 0 Å². The van der Waals surface area contributed by atoms with Gasteiger partial charge in [-0.3, -0.25) is 4.79 Å². The molecule has 1 fully saturated rings. The Labute approximate surface area is 106 Å². The van der Waals surface area contributed by atoms with E-state index in [1.165, 1.54) is 12.1 Å². The summed E-state index contributed by atoms with van der Waals surface area (Å²) in [5.74, 6) is -0.163. The van der Waals surface area contributed by atoms with Crippen LogP contribution in [0, 0.1) is 5.82 Å². The highest BCUT2D eigenvalue weighted by molar-refractivity contribution is 5.86. The summed E-state index contributed by atoms with van der Waals surface area (Å²) in [6.45, 7) is 2.04. The molecular weight excluding hydrogens is 233 g/mol. The van der Waals surface area contributed by atoms with E-state index in [0.29, 0.717) is 13.1 Å². The Morgan fingerprint density at radius 3 is 2.61 bits per heavy atom. The average molecular weight is 251 g/mol. The Kier molecular flexibility index (Phi) is 3.81. The highest BCUT2D eigenvalue weighted by Gasteiger charge is 2.32. The molecule has 0 bridgehead atoms. The Hall–Kier alpha value is -1.62. The third-order valence-electron chi connectivity index (χ3n) is 3.27. The zero-order valence-electron chi connectivity index (χ0n) is 10.7. The molecule has 98 valence electrons. The predicted octanol–water partition coefficient (Wildman–Crippen LogP) is 0.692. The number of benzene rings is 1. The van der Waals surface area contributed by atoms with Crippen LogP contribution < -0.4 is 10.2 Å². The van der Waals surface area contributed by atoms with Gasteiger partial charge in [0, 0.05) is 32.4 Å². The number of carbonyl (C=O) groups is 1. The zero-order valence-corrected chi connectivity index (χ0v) is 10.7.